The number of aromatic amines is 1. The smallest absolute Gasteiger partial charge is 0.241 e. The van der Waals surface area contributed by atoms with Crippen molar-refractivity contribution in [2.24, 2.45) is 0 Å². The fourth-order valence-electron chi connectivity index (χ4n) is 2.46. The van der Waals surface area contributed by atoms with Gasteiger partial charge in [-0.3, -0.25) is 0 Å². The minimum Gasteiger partial charge on any atom is -0.241 e. The van der Waals surface area contributed by atoms with Crippen molar-refractivity contribution in [3.63, 3.8) is 0 Å². The predicted octanol–water partition coefficient (Wildman–Crippen LogP) is 1.87. The zero-order chi connectivity index (χ0) is 16.9. The first-order valence-corrected chi connectivity index (χ1v) is 6.91. The van der Waals surface area contributed by atoms with Crippen LogP contribution in [0, 0.1) is 0 Å². The van der Waals surface area contributed by atoms with Crippen molar-refractivity contribution in [3.05, 3.63) is 64.4 Å². The van der Waals surface area contributed by atoms with Crippen LogP contribution in [0.5, 0.6) is 0 Å². The average Bonchev–Trinajstić information content (AvgIpc) is 2.92. The van der Waals surface area contributed by atoms with Crippen molar-refractivity contribution < 1.29 is 17.7 Å². The van der Waals surface area contributed by atoms with Crippen LogP contribution < -0.4 is 10.1 Å². The van der Waals surface area contributed by atoms with Crippen LogP contribution in [0.3, 0.4) is 0 Å². The number of fused-ring (bicyclic) bond motifs is 3. The van der Waals surface area contributed by atoms with Gasteiger partial charge in [-0.1, -0.05) is 17.2 Å². The fourth-order valence-corrected chi connectivity index (χ4v) is 2.46. The molecule has 0 aliphatic carbocycles. The third kappa shape index (κ3) is 2.13. The Bertz CT molecular complexity index is 1110. The number of hydrogen-bond donors (Lipinski definition) is 1. The first kappa shape index (κ1) is 14.4. The van der Waals surface area contributed by atoms with Gasteiger partial charge in [0, 0.05) is 5.10 Å². The van der Waals surface area contributed by atoms with E-state index in [1.165, 1.54) is 16.6 Å². The lowest BCUT2D eigenvalue weighted by atomic mass is 10.2. The van der Waals surface area contributed by atoms with E-state index in [0.29, 0.717) is 11.0 Å². The van der Waals surface area contributed by atoms with Crippen LogP contribution in [0.2, 0.25) is 0 Å². The third-order valence-electron chi connectivity index (χ3n) is 3.63. The molecule has 0 atom stereocenters. The van der Waals surface area contributed by atoms with E-state index in [0.717, 1.165) is 16.8 Å². The van der Waals surface area contributed by atoms with E-state index < -0.39 is 17.3 Å². The summed E-state index contributed by atoms with van der Waals surface area (Å²) < 4.78 is 40.5. The molecule has 4 rings (SSSR count). The van der Waals surface area contributed by atoms with E-state index in [2.05, 4.69) is 15.4 Å². The standard InChI is InChI=1S/C15H8F3N5O/c16-15(17,18)9-5-7-10(8-6-9)22-14(24)13-20-19-11-3-1-2-4-12(11)23(13)21-22/h1-8H/p+1. The maximum Gasteiger partial charge on any atom is 0.416 e. The molecule has 0 spiro atoms. The molecule has 0 saturated heterocycles. The maximum absolute atomic E-state index is 12.6. The van der Waals surface area contributed by atoms with Crippen molar-refractivity contribution >= 4 is 16.7 Å². The molecule has 0 unspecified atom stereocenters. The molecular weight excluding hydrogens is 323 g/mol. The molecule has 1 N–H and O–H groups in total. The first-order valence-electron chi connectivity index (χ1n) is 6.91. The molecule has 6 nitrogen and oxygen atoms in total. The second-order valence-corrected chi connectivity index (χ2v) is 5.13. The lowest BCUT2D eigenvalue weighted by Gasteiger charge is -2.05. The highest BCUT2D eigenvalue weighted by Crippen LogP contribution is 2.29. The molecule has 0 aliphatic rings. The number of alkyl halides is 3. The summed E-state index contributed by atoms with van der Waals surface area (Å²) in [6.07, 6.45) is -4.43. The van der Waals surface area contributed by atoms with Gasteiger partial charge >= 0.3 is 17.4 Å². The van der Waals surface area contributed by atoms with Crippen molar-refractivity contribution in [1.82, 2.24) is 20.1 Å². The Morgan fingerprint density at radius 3 is 2.42 bits per heavy atom. The third-order valence-corrected chi connectivity index (χ3v) is 3.63. The highest BCUT2D eigenvalue weighted by atomic mass is 19.4. The number of para-hydroxylation sites is 1. The predicted molar refractivity (Wildman–Crippen MR) is 77.6 cm³/mol. The number of nitrogens with zero attached hydrogens (tertiary/aromatic N) is 4. The Hall–Kier alpha value is -3.23. The van der Waals surface area contributed by atoms with Gasteiger partial charge in [0.15, 0.2) is 5.52 Å². The average molecular weight is 332 g/mol. The lowest BCUT2D eigenvalue weighted by Crippen LogP contribution is -2.27. The summed E-state index contributed by atoms with van der Waals surface area (Å²) in [5, 5.41) is 10.7. The fraction of sp³-hybridized carbons (Fsp3) is 0.0667. The van der Waals surface area contributed by atoms with Crippen molar-refractivity contribution in [2.75, 3.05) is 0 Å². The SMILES string of the molecule is O=c1c2nnc3ccccc3[n+]2[nH]n1-c1ccc(C(F)(F)F)cc1. The van der Waals surface area contributed by atoms with Gasteiger partial charge in [-0.2, -0.15) is 13.2 Å². The normalized spacial score (nSPS) is 12.1. The van der Waals surface area contributed by atoms with Crippen LogP contribution in [-0.2, 0) is 6.18 Å². The quantitative estimate of drug-likeness (QED) is 0.541. The van der Waals surface area contributed by atoms with Gasteiger partial charge in [0.05, 0.1) is 5.56 Å². The lowest BCUT2D eigenvalue weighted by molar-refractivity contribution is -0.558. The van der Waals surface area contributed by atoms with Gasteiger partial charge in [0.2, 0.25) is 0 Å². The highest BCUT2D eigenvalue weighted by molar-refractivity contribution is 5.70. The summed E-state index contributed by atoms with van der Waals surface area (Å²) in [7, 11) is 0. The molecule has 0 saturated carbocycles. The molecule has 0 amide bonds. The van der Waals surface area contributed by atoms with Gasteiger partial charge < -0.3 is 0 Å². The largest absolute Gasteiger partial charge is 0.416 e. The van der Waals surface area contributed by atoms with Crippen molar-refractivity contribution in [1.29, 1.82) is 0 Å². The zero-order valence-electron chi connectivity index (χ0n) is 11.9. The van der Waals surface area contributed by atoms with E-state index in [4.69, 9.17) is 0 Å². The molecule has 2 aromatic heterocycles. The van der Waals surface area contributed by atoms with Crippen molar-refractivity contribution in [2.45, 2.75) is 6.18 Å². The summed E-state index contributed by atoms with van der Waals surface area (Å²) in [5.41, 5.74) is 0.235. The van der Waals surface area contributed by atoms with E-state index in [1.807, 2.05) is 0 Å². The first-order chi connectivity index (χ1) is 11.4. The zero-order valence-corrected chi connectivity index (χ0v) is 11.9. The second-order valence-electron chi connectivity index (χ2n) is 5.13. The van der Waals surface area contributed by atoms with E-state index in [1.54, 1.807) is 24.3 Å². The van der Waals surface area contributed by atoms with Crippen LogP contribution in [0.4, 0.5) is 13.2 Å². The minimum atomic E-state index is -4.43. The minimum absolute atomic E-state index is 0.0496. The molecular formula is C15H9F3N5O+. The number of halogens is 3. The van der Waals surface area contributed by atoms with Crippen LogP contribution >= 0.6 is 0 Å². The topological polar surface area (TPSA) is 67.7 Å². The molecule has 2 aromatic carbocycles. The van der Waals surface area contributed by atoms with Gasteiger partial charge in [0.25, 0.3) is 0 Å². The van der Waals surface area contributed by atoms with Gasteiger partial charge in [-0.25, -0.2) is 4.79 Å². The Kier molecular flexibility index (Phi) is 2.92. The highest BCUT2D eigenvalue weighted by Gasteiger charge is 2.30. The summed E-state index contributed by atoms with van der Waals surface area (Å²) in [5.74, 6) is 0. The molecule has 120 valence electrons. The number of benzene rings is 2. The monoisotopic (exact) mass is 332 g/mol. The number of nitrogens with one attached hydrogen (secondary N) is 1. The second kappa shape index (κ2) is 4.88. The van der Waals surface area contributed by atoms with Crippen LogP contribution in [0.25, 0.3) is 22.4 Å². The molecule has 4 aromatic rings. The molecule has 0 fully saturated rings. The number of H-pyrrole nitrogens is 1. The summed E-state index contributed by atoms with van der Waals surface area (Å²) in [4.78, 5) is 12.4. The van der Waals surface area contributed by atoms with Gasteiger partial charge in [-0.05, 0) is 36.4 Å². The Balaban J connectivity index is 1.93. The number of rotatable bonds is 1. The van der Waals surface area contributed by atoms with Crippen LogP contribution in [0.15, 0.2) is 53.3 Å². The molecule has 9 heteroatoms. The summed E-state index contributed by atoms with van der Waals surface area (Å²) >= 11 is 0. The Morgan fingerprint density at radius 1 is 1.00 bits per heavy atom. The molecule has 24 heavy (non-hydrogen) atoms. The Labute approximate surface area is 131 Å². The maximum atomic E-state index is 12.6. The number of hydrogen-bond acceptors (Lipinski definition) is 3. The van der Waals surface area contributed by atoms with Crippen molar-refractivity contribution in [3.8, 4) is 5.69 Å². The molecule has 0 aliphatic heterocycles. The summed E-state index contributed by atoms with van der Waals surface area (Å²) in [6.45, 7) is 0. The Morgan fingerprint density at radius 2 is 1.71 bits per heavy atom. The van der Waals surface area contributed by atoms with Crippen LogP contribution in [0.1, 0.15) is 5.56 Å². The summed E-state index contributed by atoms with van der Waals surface area (Å²) in [6, 6.07) is 11.3. The number of aromatic nitrogens is 5. The van der Waals surface area contributed by atoms with E-state index >= 15 is 0 Å². The molecule has 0 radical (unpaired) electrons. The van der Waals surface area contributed by atoms with Crippen LogP contribution in [-0.4, -0.2) is 20.1 Å². The molecule has 2 heterocycles. The molecule has 0 bridgehead atoms. The van der Waals surface area contributed by atoms with Gasteiger partial charge in [-0.15, -0.1) is 14.4 Å². The van der Waals surface area contributed by atoms with E-state index in [-0.39, 0.29) is 11.3 Å². The van der Waals surface area contributed by atoms with E-state index in [9.17, 15) is 18.0 Å². The van der Waals surface area contributed by atoms with Gasteiger partial charge in [0.1, 0.15) is 11.2 Å².